The van der Waals surface area contributed by atoms with Gasteiger partial charge in [0.25, 0.3) is 0 Å². The highest BCUT2D eigenvalue weighted by atomic mass is 32.1. The number of amides is 1. The fourth-order valence-electron chi connectivity index (χ4n) is 3.26. The molecule has 0 spiro atoms. The molecule has 0 radical (unpaired) electrons. The number of carbonyl (C=O) groups is 1. The van der Waals surface area contributed by atoms with Gasteiger partial charge in [-0.25, -0.2) is 4.98 Å². The predicted molar refractivity (Wildman–Crippen MR) is 116 cm³/mol. The lowest BCUT2D eigenvalue weighted by Crippen LogP contribution is -2.05. The average molecular weight is 417 g/mol. The monoisotopic (exact) mass is 416 g/mol. The minimum Gasteiger partial charge on any atom is -0.339 e. The second-order valence-corrected chi connectivity index (χ2v) is 8.38. The quantitative estimate of drug-likeness (QED) is 0.462. The molecule has 30 heavy (non-hydrogen) atoms. The summed E-state index contributed by atoms with van der Waals surface area (Å²) < 4.78 is 5.43. The van der Waals surface area contributed by atoms with E-state index in [0.29, 0.717) is 24.1 Å². The average Bonchev–Trinajstić information content (AvgIpc) is 3.29. The van der Waals surface area contributed by atoms with E-state index >= 15 is 0 Å². The number of hydrogen-bond donors (Lipinski definition) is 1. The van der Waals surface area contributed by atoms with E-state index in [2.05, 4.69) is 33.0 Å². The Morgan fingerprint density at radius 2 is 1.80 bits per heavy atom. The summed E-state index contributed by atoms with van der Waals surface area (Å²) in [5.41, 5.74) is 4.84. The van der Waals surface area contributed by atoms with E-state index in [1.54, 1.807) is 11.3 Å². The number of benzene rings is 2. The minimum absolute atomic E-state index is 0.0894. The van der Waals surface area contributed by atoms with Gasteiger partial charge in [0.2, 0.25) is 17.6 Å². The normalized spacial score (nSPS) is 13.4. The van der Waals surface area contributed by atoms with Gasteiger partial charge in [0.05, 0.1) is 17.1 Å². The van der Waals surface area contributed by atoms with Gasteiger partial charge < -0.3 is 9.84 Å². The van der Waals surface area contributed by atoms with Crippen LogP contribution in [0.3, 0.4) is 0 Å². The zero-order valence-electron chi connectivity index (χ0n) is 16.5. The van der Waals surface area contributed by atoms with E-state index < -0.39 is 0 Å². The number of nitrogens with one attached hydrogen (secondary N) is 1. The fraction of sp³-hybridized carbons (Fsp3) is 0.217. The Hall–Kier alpha value is -3.32. The number of anilines is 1. The van der Waals surface area contributed by atoms with Gasteiger partial charge in [0, 0.05) is 35.0 Å². The first-order valence-corrected chi connectivity index (χ1v) is 10.8. The van der Waals surface area contributed by atoms with Crippen LogP contribution in [0.2, 0.25) is 0 Å². The Morgan fingerprint density at radius 3 is 2.50 bits per heavy atom. The van der Waals surface area contributed by atoms with E-state index in [4.69, 9.17) is 9.51 Å². The number of thiazole rings is 1. The maximum absolute atomic E-state index is 11.1. The summed E-state index contributed by atoms with van der Waals surface area (Å²) in [4.78, 5) is 20.4. The number of nitrogens with zero attached hydrogens (tertiary/aromatic N) is 3. The molecule has 0 aliphatic heterocycles. The predicted octanol–water partition coefficient (Wildman–Crippen LogP) is 5.29. The van der Waals surface area contributed by atoms with Crippen LogP contribution in [0.1, 0.15) is 42.1 Å². The van der Waals surface area contributed by atoms with Gasteiger partial charge >= 0.3 is 0 Å². The minimum atomic E-state index is -0.0894. The molecule has 1 N–H and O–H groups in total. The van der Waals surface area contributed by atoms with E-state index in [-0.39, 0.29) is 5.91 Å². The first-order valence-electron chi connectivity index (χ1n) is 9.89. The van der Waals surface area contributed by atoms with E-state index in [1.807, 2.05) is 36.4 Å². The third-order valence-corrected chi connectivity index (χ3v) is 5.99. The van der Waals surface area contributed by atoms with E-state index in [9.17, 15) is 4.79 Å². The zero-order valence-corrected chi connectivity index (χ0v) is 17.3. The molecule has 7 heteroatoms. The molecule has 1 saturated carbocycles. The lowest BCUT2D eigenvalue weighted by Gasteiger charge is -2.02. The number of aromatic nitrogens is 3. The summed E-state index contributed by atoms with van der Waals surface area (Å²) in [6.07, 6.45) is 3.07. The van der Waals surface area contributed by atoms with Crippen molar-refractivity contribution in [1.29, 1.82) is 0 Å². The molecule has 2 aromatic carbocycles. The Morgan fingerprint density at radius 1 is 1.07 bits per heavy atom. The SMILES string of the molecule is CC(=O)Nc1ccc(Cc2nc(-c3ccc(-c4csc(C5CC5)n4)cc3)no2)cc1. The van der Waals surface area contributed by atoms with Crippen molar-refractivity contribution in [1.82, 2.24) is 15.1 Å². The largest absolute Gasteiger partial charge is 0.339 e. The van der Waals surface area contributed by atoms with E-state index in [1.165, 1.54) is 24.8 Å². The second kappa shape index (κ2) is 7.84. The lowest BCUT2D eigenvalue weighted by molar-refractivity contribution is -0.114. The van der Waals surface area contributed by atoms with Crippen LogP contribution in [0.5, 0.6) is 0 Å². The highest BCUT2D eigenvalue weighted by molar-refractivity contribution is 7.10. The van der Waals surface area contributed by atoms with Gasteiger partial charge in [0.1, 0.15) is 0 Å². The highest BCUT2D eigenvalue weighted by Gasteiger charge is 2.26. The van der Waals surface area contributed by atoms with Gasteiger partial charge in [-0.3, -0.25) is 4.79 Å². The smallest absolute Gasteiger partial charge is 0.231 e. The molecule has 0 saturated heterocycles. The summed E-state index contributed by atoms with van der Waals surface area (Å²) in [6, 6.07) is 15.7. The Kier molecular flexibility index (Phi) is 4.88. The van der Waals surface area contributed by atoms with Crippen molar-refractivity contribution in [2.24, 2.45) is 0 Å². The molecule has 1 aliphatic rings. The topological polar surface area (TPSA) is 80.9 Å². The molecule has 2 aromatic heterocycles. The van der Waals surface area contributed by atoms with Crippen LogP contribution in [-0.4, -0.2) is 21.0 Å². The van der Waals surface area contributed by atoms with Crippen molar-refractivity contribution in [3.05, 3.63) is 70.4 Å². The van der Waals surface area contributed by atoms with E-state index in [0.717, 1.165) is 28.1 Å². The number of carbonyl (C=O) groups excluding carboxylic acids is 1. The molecule has 2 heterocycles. The number of hydrogen-bond acceptors (Lipinski definition) is 6. The zero-order chi connectivity index (χ0) is 20.5. The molecule has 150 valence electrons. The summed E-state index contributed by atoms with van der Waals surface area (Å²) in [5.74, 6) is 1.72. The first kappa shape index (κ1) is 18.7. The van der Waals surface area contributed by atoms with Gasteiger partial charge in [-0.1, -0.05) is 41.6 Å². The summed E-state index contributed by atoms with van der Waals surface area (Å²) in [5, 5.41) is 10.3. The number of rotatable bonds is 6. The van der Waals surface area contributed by atoms with Crippen LogP contribution in [0.4, 0.5) is 5.69 Å². The molecule has 4 aromatic rings. The molecule has 1 fully saturated rings. The molecule has 1 aliphatic carbocycles. The Bertz CT molecular complexity index is 1170. The molecule has 5 rings (SSSR count). The maximum atomic E-state index is 11.1. The molecule has 6 nitrogen and oxygen atoms in total. The van der Waals surface area contributed by atoms with Gasteiger partial charge in [-0.15, -0.1) is 11.3 Å². The highest BCUT2D eigenvalue weighted by Crippen LogP contribution is 2.42. The third-order valence-electron chi connectivity index (χ3n) is 4.99. The molecule has 0 atom stereocenters. The van der Waals surface area contributed by atoms with Crippen LogP contribution in [0.15, 0.2) is 58.4 Å². The molecule has 0 bridgehead atoms. The molecular formula is C23H20N4O2S. The maximum Gasteiger partial charge on any atom is 0.231 e. The fourth-order valence-corrected chi connectivity index (χ4v) is 4.26. The van der Waals surface area contributed by atoms with Crippen molar-refractivity contribution in [2.45, 2.75) is 32.1 Å². The van der Waals surface area contributed by atoms with Crippen molar-refractivity contribution in [3.63, 3.8) is 0 Å². The molecule has 1 amide bonds. The van der Waals surface area contributed by atoms with Crippen molar-refractivity contribution < 1.29 is 9.32 Å². The van der Waals surface area contributed by atoms with Gasteiger partial charge in [-0.05, 0) is 30.5 Å². The van der Waals surface area contributed by atoms with Crippen LogP contribution < -0.4 is 5.32 Å². The van der Waals surface area contributed by atoms with Crippen LogP contribution in [-0.2, 0) is 11.2 Å². The van der Waals surface area contributed by atoms with Crippen molar-refractivity contribution in [3.8, 4) is 22.6 Å². The van der Waals surface area contributed by atoms with Crippen molar-refractivity contribution in [2.75, 3.05) is 5.32 Å². The Labute approximate surface area is 178 Å². The first-order chi connectivity index (χ1) is 14.6. The van der Waals surface area contributed by atoms with Crippen molar-refractivity contribution >= 4 is 22.9 Å². The van der Waals surface area contributed by atoms with Gasteiger partial charge in [-0.2, -0.15) is 4.98 Å². The molecule has 0 unspecified atom stereocenters. The standard InChI is InChI=1S/C23H20N4O2S/c1-14(28)24-19-10-2-15(3-11-19)12-21-26-22(27-29-21)17-6-4-16(5-7-17)20-13-30-23(25-20)18-8-9-18/h2-7,10-11,13,18H,8-9,12H2,1H3,(H,24,28). The summed E-state index contributed by atoms with van der Waals surface area (Å²) >= 11 is 1.75. The lowest BCUT2D eigenvalue weighted by atomic mass is 10.1. The summed E-state index contributed by atoms with van der Waals surface area (Å²) in [6.45, 7) is 1.49. The second-order valence-electron chi connectivity index (χ2n) is 7.49. The Balaban J connectivity index is 1.27. The van der Waals surface area contributed by atoms with Gasteiger partial charge in [0.15, 0.2) is 0 Å². The van der Waals surface area contributed by atoms with Crippen LogP contribution in [0, 0.1) is 0 Å². The third kappa shape index (κ3) is 4.16. The van der Waals surface area contributed by atoms with Crippen LogP contribution >= 0.6 is 11.3 Å². The summed E-state index contributed by atoms with van der Waals surface area (Å²) in [7, 11) is 0. The van der Waals surface area contributed by atoms with Crippen LogP contribution in [0.25, 0.3) is 22.6 Å². The molecular weight excluding hydrogens is 396 g/mol.